The molecule has 0 saturated heterocycles. The quantitative estimate of drug-likeness (QED) is 0.705. The van der Waals surface area contributed by atoms with Crippen molar-refractivity contribution in [2.75, 3.05) is 18.1 Å². The van der Waals surface area contributed by atoms with Crippen LogP contribution in [0.15, 0.2) is 40.9 Å². The predicted molar refractivity (Wildman–Crippen MR) is 98.6 cm³/mol. The van der Waals surface area contributed by atoms with Gasteiger partial charge in [-0.15, -0.1) is 0 Å². The maximum absolute atomic E-state index is 12.9. The summed E-state index contributed by atoms with van der Waals surface area (Å²) in [6.07, 6.45) is -4.63. The Balaban J connectivity index is 2.41. The van der Waals surface area contributed by atoms with Gasteiger partial charge in [0.25, 0.3) is 0 Å². The molecule has 1 N–H and O–H groups in total. The molecule has 2 rings (SSSR count). The van der Waals surface area contributed by atoms with Crippen LogP contribution >= 0.6 is 27.5 Å². The molecule has 0 saturated carbocycles. The van der Waals surface area contributed by atoms with Crippen LogP contribution in [0.3, 0.4) is 0 Å². The number of carbonyl (C=O) groups is 1. The fourth-order valence-electron chi connectivity index (χ4n) is 2.54. The van der Waals surface area contributed by atoms with Crippen molar-refractivity contribution in [3.63, 3.8) is 0 Å². The Labute approximate surface area is 162 Å². The van der Waals surface area contributed by atoms with Gasteiger partial charge in [0, 0.05) is 21.7 Å². The molecule has 2 aromatic carbocycles. The SMILES string of the molecule is Cc1ccc(Cc2cc(Br)ccc2Cl)cc1N(CCO)C(=O)C(F)(F)F. The van der Waals surface area contributed by atoms with Crippen LogP contribution in [-0.4, -0.2) is 30.3 Å². The maximum Gasteiger partial charge on any atom is 0.471 e. The highest BCUT2D eigenvalue weighted by atomic mass is 79.9. The summed E-state index contributed by atoms with van der Waals surface area (Å²) >= 11 is 9.53. The summed E-state index contributed by atoms with van der Waals surface area (Å²) in [5.74, 6) is -2.01. The Morgan fingerprint density at radius 1 is 1.23 bits per heavy atom. The zero-order valence-electron chi connectivity index (χ0n) is 13.8. The van der Waals surface area contributed by atoms with E-state index < -0.39 is 25.2 Å². The van der Waals surface area contributed by atoms with Crippen LogP contribution in [0.25, 0.3) is 0 Å². The lowest BCUT2D eigenvalue weighted by Gasteiger charge is -2.25. The van der Waals surface area contributed by atoms with Crippen molar-refractivity contribution in [3.05, 3.63) is 62.6 Å². The summed E-state index contributed by atoms with van der Waals surface area (Å²) in [5.41, 5.74) is 2.11. The van der Waals surface area contributed by atoms with E-state index >= 15 is 0 Å². The number of alkyl halides is 3. The minimum Gasteiger partial charge on any atom is -0.395 e. The number of amides is 1. The van der Waals surface area contributed by atoms with E-state index in [1.54, 1.807) is 31.2 Å². The van der Waals surface area contributed by atoms with E-state index in [9.17, 15) is 18.0 Å². The van der Waals surface area contributed by atoms with Crippen LogP contribution < -0.4 is 4.90 Å². The zero-order valence-corrected chi connectivity index (χ0v) is 16.1. The molecule has 140 valence electrons. The Hall–Kier alpha value is -1.57. The fraction of sp³-hybridized carbons (Fsp3) is 0.278. The largest absolute Gasteiger partial charge is 0.471 e. The van der Waals surface area contributed by atoms with Gasteiger partial charge in [-0.2, -0.15) is 13.2 Å². The van der Waals surface area contributed by atoms with E-state index in [0.717, 1.165) is 10.0 Å². The minimum absolute atomic E-state index is 0.116. The van der Waals surface area contributed by atoms with E-state index in [4.69, 9.17) is 16.7 Å². The first kappa shape index (κ1) is 20.7. The number of benzene rings is 2. The van der Waals surface area contributed by atoms with Crippen LogP contribution in [-0.2, 0) is 11.2 Å². The van der Waals surface area contributed by atoms with E-state index in [0.29, 0.717) is 27.5 Å². The summed E-state index contributed by atoms with van der Waals surface area (Å²) in [7, 11) is 0. The van der Waals surface area contributed by atoms with Crippen LogP contribution in [0.1, 0.15) is 16.7 Å². The summed E-state index contributed by atoms with van der Waals surface area (Å²) < 4.78 is 39.5. The molecule has 0 aliphatic rings. The number of carbonyl (C=O) groups excluding carboxylic acids is 1. The maximum atomic E-state index is 12.9. The van der Waals surface area contributed by atoms with Crippen molar-refractivity contribution >= 4 is 39.1 Å². The third kappa shape index (κ3) is 4.99. The lowest BCUT2D eigenvalue weighted by Crippen LogP contribution is -2.43. The van der Waals surface area contributed by atoms with Crippen molar-refractivity contribution in [1.82, 2.24) is 0 Å². The molecular formula is C18H16BrClF3NO2. The molecule has 0 atom stereocenters. The monoisotopic (exact) mass is 449 g/mol. The third-order valence-electron chi connectivity index (χ3n) is 3.78. The smallest absolute Gasteiger partial charge is 0.395 e. The molecule has 8 heteroatoms. The van der Waals surface area contributed by atoms with Gasteiger partial charge in [0.05, 0.1) is 6.61 Å². The van der Waals surface area contributed by atoms with Crippen molar-refractivity contribution in [2.45, 2.75) is 19.5 Å². The molecule has 0 unspecified atom stereocenters. The molecule has 0 radical (unpaired) electrons. The number of anilines is 1. The lowest BCUT2D eigenvalue weighted by atomic mass is 10.0. The van der Waals surface area contributed by atoms with E-state index in [2.05, 4.69) is 15.9 Å². The van der Waals surface area contributed by atoms with E-state index in [1.807, 2.05) is 6.07 Å². The summed E-state index contributed by atoms with van der Waals surface area (Å²) in [6, 6.07) is 10.3. The molecule has 0 bridgehead atoms. The molecule has 2 aromatic rings. The molecule has 3 nitrogen and oxygen atoms in total. The Morgan fingerprint density at radius 2 is 1.92 bits per heavy atom. The molecule has 26 heavy (non-hydrogen) atoms. The van der Waals surface area contributed by atoms with Gasteiger partial charge in [-0.3, -0.25) is 4.79 Å². The van der Waals surface area contributed by atoms with Crippen molar-refractivity contribution < 1.29 is 23.1 Å². The highest BCUT2D eigenvalue weighted by Crippen LogP contribution is 2.29. The number of nitrogens with zero attached hydrogens (tertiary/aromatic N) is 1. The van der Waals surface area contributed by atoms with Gasteiger partial charge in [0.2, 0.25) is 0 Å². The molecule has 0 aliphatic heterocycles. The number of aliphatic hydroxyl groups is 1. The first-order valence-electron chi connectivity index (χ1n) is 7.66. The second-order valence-electron chi connectivity index (χ2n) is 5.71. The lowest BCUT2D eigenvalue weighted by molar-refractivity contribution is -0.170. The average Bonchev–Trinajstić information content (AvgIpc) is 2.56. The first-order valence-corrected chi connectivity index (χ1v) is 8.83. The number of hydrogen-bond donors (Lipinski definition) is 1. The highest BCUT2D eigenvalue weighted by molar-refractivity contribution is 9.10. The second-order valence-corrected chi connectivity index (χ2v) is 7.03. The summed E-state index contributed by atoms with van der Waals surface area (Å²) in [5, 5.41) is 9.63. The van der Waals surface area contributed by atoms with Crippen LogP contribution in [0, 0.1) is 6.92 Å². The molecule has 0 heterocycles. The average molecular weight is 451 g/mol. The van der Waals surface area contributed by atoms with Gasteiger partial charge >= 0.3 is 12.1 Å². The summed E-state index contributed by atoms with van der Waals surface area (Å²) in [6.45, 7) is 0.586. The van der Waals surface area contributed by atoms with Gasteiger partial charge in [0.15, 0.2) is 0 Å². The van der Waals surface area contributed by atoms with Crippen LogP contribution in [0.5, 0.6) is 0 Å². The number of aliphatic hydroxyl groups excluding tert-OH is 1. The zero-order chi connectivity index (χ0) is 19.5. The third-order valence-corrected chi connectivity index (χ3v) is 4.64. The highest BCUT2D eigenvalue weighted by Gasteiger charge is 2.43. The molecule has 1 amide bonds. The summed E-state index contributed by atoms with van der Waals surface area (Å²) in [4.78, 5) is 12.3. The number of rotatable bonds is 5. The molecule has 0 aromatic heterocycles. The van der Waals surface area contributed by atoms with Gasteiger partial charge in [-0.05, 0) is 54.3 Å². The predicted octanol–water partition coefficient (Wildman–Crippen LogP) is 4.89. The normalized spacial score (nSPS) is 11.5. The molecule has 0 aliphatic carbocycles. The molecule has 0 fully saturated rings. The van der Waals surface area contributed by atoms with Crippen LogP contribution in [0.4, 0.5) is 18.9 Å². The Bertz CT molecular complexity index is 812. The number of aryl methyl sites for hydroxylation is 1. The molecule has 0 spiro atoms. The molecular weight excluding hydrogens is 435 g/mol. The Kier molecular flexibility index (Phi) is 6.71. The number of halogens is 5. The topological polar surface area (TPSA) is 40.5 Å². The van der Waals surface area contributed by atoms with E-state index in [1.165, 1.54) is 6.07 Å². The standard InChI is InChI=1S/C18H16BrClF3NO2/c1-11-2-3-12(8-13-10-14(19)4-5-15(13)20)9-16(11)24(6-7-25)17(26)18(21,22)23/h2-5,9-10,25H,6-8H2,1H3. The second kappa shape index (κ2) is 8.41. The van der Waals surface area contributed by atoms with Gasteiger partial charge in [-0.1, -0.05) is 39.7 Å². The van der Waals surface area contributed by atoms with Gasteiger partial charge < -0.3 is 10.0 Å². The van der Waals surface area contributed by atoms with Crippen molar-refractivity contribution in [1.29, 1.82) is 0 Å². The minimum atomic E-state index is -5.02. The van der Waals surface area contributed by atoms with Gasteiger partial charge in [0.1, 0.15) is 0 Å². The Morgan fingerprint density at radius 3 is 2.54 bits per heavy atom. The number of hydrogen-bond acceptors (Lipinski definition) is 2. The fourth-order valence-corrected chi connectivity index (χ4v) is 3.13. The van der Waals surface area contributed by atoms with Crippen molar-refractivity contribution in [2.24, 2.45) is 0 Å². The first-order chi connectivity index (χ1) is 12.1. The van der Waals surface area contributed by atoms with Gasteiger partial charge in [-0.25, -0.2) is 0 Å². The van der Waals surface area contributed by atoms with Crippen molar-refractivity contribution in [3.8, 4) is 0 Å². The van der Waals surface area contributed by atoms with Crippen LogP contribution in [0.2, 0.25) is 5.02 Å². The van der Waals surface area contributed by atoms with E-state index in [-0.39, 0.29) is 5.69 Å².